The number of hydrogen-bond donors (Lipinski definition) is 1. The molecule has 6 nitrogen and oxygen atoms in total. The van der Waals surface area contributed by atoms with Crippen LogP contribution in [0, 0.1) is 6.92 Å². The fraction of sp³-hybridized carbons (Fsp3) is 0.300. The number of anilines is 1. The Morgan fingerprint density at radius 3 is 2.59 bits per heavy atom. The Morgan fingerprint density at radius 2 is 1.96 bits per heavy atom. The van der Waals surface area contributed by atoms with Gasteiger partial charge >= 0.3 is 5.97 Å². The average molecular weight is 392 g/mol. The van der Waals surface area contributed by atoms with Gasteiger partial charge < -0.3 is 19.5 Å². The summed E-state index contributed by atoms with van der Waals surface area (Å²) < 4.78 is 15.9. The maximum Gasteiger partial charge on any atom is 0.339 e. The summed E-state index contributed by atoms with van der Waals surface area (Å²) in [5.74, 6) is -0.459. The van der Waals surface area contributed by atoms with Crippen molar-refractivity contribution in [3.05, 3.63) is 52.5 Å². The van der Waals surface area contributed by atoms with Gasteiger partial charge in [0.2, 0.25) is 0 Å². The van der Waals surface area contributed by atoms with Crippen LogP contribution in [0.1, 0.15) is 29.8 Å². The number of benzene rings is 2. The zero-order chi connectivity index (χ0) is 20.0. The van der Waals surface area contributed by atoms with E-state index in [9.17, 15) is 9.59 Å². The van der Waals surface area contributed by atoms with Gasteiger partial charge in [-0.2, -0.15) is 0 Å². The molecule has 0 radical (unpaired) electrons. The number of esters is 1. The second kappa shape index (κ2) is 9.28. The van der Waals surface area contributed by atoms with Crippen LogP contribution in [0.5, 0.6) is 11.5 Å². The van der Waals surface area contributed by atoms with Gasteiger partial charge in [0.25, 0.3) is 5.91 Å². The van der Waals surface area contributed by atoms with Gasteiger partial charge in [-0.1, -0.05) is 23.7 Å². The number of methoxy groups -OCH3 is 1. The fourth-order valence-corrected chi connectivity index (χ4v) is 2.64. The molecule has 0 aliphatic heterocycles. The molecule has 144 valence electrons. The lowest BCUT2D eigenvalue weighted by Crippen LogP contribution is -2.30. The molecule has 2 aromatic carbocycles. The van der Waals surface area contributed by atoms with E-state index in [0.717, 1.165) is 5.56 Å². The summed E-state index contributed by atoms with van der Waals surface area (Å²) in [6.07, 6.45) is -0.991. The molecule has 0 saturated heterocycles. The molecule has 1 atom stereocenters. The summed E-state index contributed by atoms with van der Waals surface area (Å²) in [6, 6.07) is 10.2. The molecule has 0 aromatic heterocycles. The third-order valence-electron chi connectivity index (χ3n) is 3.69. The van der Waals surface area contributed by atoms with E-state index in [1.165, 1.54) is 26.2 Å². The van der Waals surface area contributed by atoms with Gasteiger partial charge in [0.1, 0.15) is 0 Å². The Balaban J connectivity index is 2.09. The number of hydrogen-bond acceptors (Lipinski definition) is 5. The van der Waals surface area contributed by atoms with E-state index in [0.29, 0.717) is 23.8 Å². The number of carbonyl (C=O) groups excluding carboxylic acids is 2. The number of carbonyl (C=O) groups is 2. The molecule has 0 spiro atoms. The molecule has 1 amide bonds. The van der Waals surface area contributed by atoms with Crippen LogP contribution in [-0.2, 0) is 9.53 Å². The molecule has 0 fully saturated rings. The first-order chi connectivity index (χ1) is 12.8. The van der Waals surface area contributed by atoms with Crippen molar-refractivity contribution >= 4 is 29.2 Å². The number of ether oxygens (including phenoxy) is 3. The Bertz CT molecular complexity index is 837. The maximum absolute atomic E-state index is 12.4. The number of aryl methyl sites for hydroxylation is 1. The normalized spacial score (nSPS) is 11.4. The number of amides is 1. The number of nitrogens with one attached hydrogen (secondary N) is 1. The van der Waals surface area contributed by atoms with E-state index < -0.39 is 18.0 Å². The highest BCUT2D eigenvalue weighted by atomic mass is 35.5. The van der Waals surface area contributed by atoms with Crippen LogP contribution in [0.2, 0.25) is 5.02 Å². The first kappa shape index (κ1) is 20.6. The molecule has 2 rings (SSSR count). The third kappa shape index (κ3) is 5.37. The fourth-order valence-electron chi connectivity index (χ4n) is 2.37. The standard InChI is InChI=1S/C20H22ClNO5/c1-5-26-18-16(21)10-14(11-17(18)25-4)20(24)27-13(3)19(23)22-15-8-6-7-12(2)9-15/h6-11,13H,5H2,1-4H3,(H,22,23)/t13-/m0/s1. The largest absolute Gasteiger partial charge is 0.493 e. The summed E-state index contributed by atoms with van der Waals surface area (Å²) in [5, 5.41) is 2.93. The highest BCUT2D eigenvalue weighted by Gasteiger charge is 2.22. The van der Waals surface area contributed by atoms with E-state index in [4.69, 9.17) is 25.8 Å². The minimum atomic E-state index is -0.991. The summed E-state index contributed by atoms with van der Waals surface area (Å²) in [7, 11) is 1.45. The highest BCUT2D eigenvalue weighted by molar-refractivity contribution is 6.32. The minimum absolute atomic E-state index is 0.163. The van der Waals surface area contributed by atoms with E-state index in [1.807, 2.05) is 32.0 Å². The monoisotopic (exact) mass is 391 g/mol. The van der Waals surface area contributed by atoms with Crippen LogP contribution in [0.25, 0.3) is 0 Å². The van der Waals surface area contributed by atoms with Crippen LogP contribution >= 0.6 is 11.6 Å². The summed E-state index contributed by atoms with van der Waals surface area (Å²) >= 11 is 6.17. The van der Waals surface area contributed by atoms with Gasteiger partial charge in [0.05, 0.1) is 24.3 Å². The Labute approximate surface area is 163 Å². The molecule has 0 bridgehead atoms. The first-order valence-corrected chi connectivity index (χ1v) is 8.82. The highest BCUT2D eigenvalue weighted by Crippen LogP contribution is 2.36. The van der Waals surface area contributed by atoms with Gasteiger partial charge in [0.15, 0.2) is 17.6 Å². The van der Waals surface area contributed by atoms with Crippen molar-refractivity contribution in [3.8, 4) is 11.5 Å². The van der Waals surface area contributed by atoms with E-state index >= 15 is 0 Å². The predicted octanol–water partition coefficient (Wildman–Crippen LogP) is 4.24. The molecule has 0 heterocycles. The molecule has 1 N–H and O–H groups in total. The van der Waals surface area contributed by atoms with E-state index in [2.05, 4.69) is 5.32 Å². The molecule has 2 aromatic rings. The van der Waals surface area contributed by atoms with Crippen molar-refractivity contribution < 1.29 is 23.8 Å². The maximum atomic E-state index is 12.4. The van der Waals surface area contributed by atoms with Crippen molar-refractivity contribution in [1.82, 2.24) is 0 Å². The van der Waals surface area contributed by atoms with Gasteiger partial charge in [-0.25, -0.2) is 4.79 Å². The van der Waals surface area contributed by atoms with Crippen molar-refractivity contribution in [2.24, 2.45) is 0 Å². The lowest BCUT2D eigenvalue weighted by atomic mass is 10.2. The van der Waals surface area contributed by atoms with Crippen molar-refractivity contribution in [3.63, 3.8) is 0 Å². The molecule has 27 heavy (non-hydrogen) atoms. The third-order valence-corrected chi connectivity index (χ3v) is 3.97. The average Bonchev–Trinajstić information content (AvgIpc) is 2.63. The lowest BCUT2D eigenvalue weighted by molar-refractivity contribution is -0.123. The molecule has 7 heteroatoms. The minimum Gasteiger partial charge on any atom is -0.493 e. The summed E-state index contributed by atoms with van der Waals surface area (Å²) in [5.41, 5.74) is 1.80. The second-order valence-electron chi connectivity index (χ2n) is 5.83. The SMILES string of the molecule is CCOc1c(Cl)cc(C(=O)O[C@@H](C)C(=O)Nc2cccc(C)c2)cc1OC. The first-order valence-electron chi connectivity index (χ1n) is 8.44. The van der Waals surface area contributed by atoms with Crippen LogP contribution < -0.4 is 14.8 Å². The molecule has 0 saturated carbocycles. The molecular formula is C20H22ClNO5. The Hall–Kier alpha value is -2.73. The lowest BCUT2D eigenvalue weighted by Gasteiger charge is -2.16. The summed E-state index contributed by atoms with van der Waals surface area (Å²) in [6.45, 7) is 5.63. The van der Waals surface area contributed by atoms with E-state index in [1.54, 1.807) is 6.07 Å². The smallest absolute Gasteiger partial charge is 0.339 e. The quantitative estimate of drug-likeness (QED) is 0.714. The van der Waals surface area contributed by atoms with Crippen molar-refractivity contribution in [2.75, 3.05) is 19.0 Å². The predicted molar refractivity (Wildman–Crippen MR) is 104 cm³/mol. The van der Waals surface area contributed by atoms with Crippen LogP contribution in [0.15, 0.2) is 36.4 Å². The summed E-state index contributed by atoms with van der Waals surface area (Å²) in [4.78, 5) is 24.7. The van der Waals surface area contributed by atoms with Crippen LogP contribution in [0.3, 0.4) is 0 Å². The van der Waals surface area contributed by atoms with Crippen LogP contribution in [0.4, 0.5) is 5.69 Å². The zero-order valence-electron chi connectivity index (χ0n) is 15.7. The van der Waals surface area contributed by atoms with Gasteiger partial charge in [0, 0.05) is 5.69 Å². The van der Waals surface area contributed by atoms with Crippen LogP contribution in [-0.4, -0.2) is 31.7 Å². The Kier molecular flexibility index (Phi) is 7.07. The van der Waals surface area contributed by atoms with Crippen molar-refractivity contribution in [2.45, 2.75) is 26.9 Å². The van der Waals surface area contributed by atoms with Gasteiger partial charge in [-0.3, -0.25) is 4.79 Å². The Morgan fingerprint density at radius 1 is 1.22 bits per heavy atom. The zero-order valence-corrected chi connectivity index (χ0v) is 16.4. The van der Waals surface area contributed by atoms with Crippen molar-refractivity contribution in [1.29, 1.82) is 0 Å². The molecule has 0 unspecified atom stereocenters. The molecular weight excluding hydrogens is 370 g/mol. The second-order valence-corrected chi connectivity index (χ2v) is 6.24. The topological polar surface area (TPSA) is 73.9 Å². The van der Waals surface area contributed by atoms with Gasteiger partial charge in [-0.15, -0.1) is 0 Å². The van der Waals surface area contributed by atoms with Gasteiger partial charge in [-0.05, 0) is 50.6 Å². The van der Waals surface area contributed by atoms with E-state index in [-0.39, 0.29) is 10.6 Å². The molecule has 0 aliphatic rings. The number of rotatable bonds is 7. The molecule has 0 aliphatic carbocycles. The number of halogens is 1.